The maximum absolute atomic E-state index is 14.4. The van der Waals surface area contributed by atoms with Crippen LogP contribution in [0.1, 0.15) is 34.1 Å². The molecule has 200 valence electrons. The van der Waals surface area contributed by atoms with Crippen LogP contribution in [0, 0.1) is 0 Å². The van der Waals surface area contributed by atoms with Gasteiger partial charge in [0.2, 0.25) is 5.91 Å². The van der Waals surface area contributed by atoms with E-state index in [0.717, 1.165) is 33.8 Å². The van der Waals surface area contributed by atoms with Crippen LogP contribution in [-0.2, 0) is 30.7 Å². The highest BCUT2D eigenvalue weighted by atomic mass is 16.3. The summed E-state index contributed by atoms with van der Waals surface area (Å²) in [6.45, 7) is 1.09. The van der Waals surface area contributed by atoms with E-state index < -0.39 is 6.04 Å². The second kappa shape index (κ2) is 11.6. The Labute approximate surface area is 234 Å². The smallest absolute Gasteiger partial charge is 0.240 e. The van der Waals surface area contributed by atoms with Gasteiger partial charge in [-0.2, -0.15) is 0 Å². The highest BCUT2D eigenvalue weighted by molar-refractivity contribution is 5.83. The van der Waals surface area contributed by atoms with E-state index in [0.29, 0.717) is 25.9 Å². The zero-order valence-electron chi connectivity index (χ0n) is 22.2. The number of aromatic hydroxyl groups is 1. The first kappa shape index (κ1) is 25.6. The van der Waals surface area contributed by atoms with Gasteiger partial charge in [0, 0.05) is 19.5 Å². The van der Waals surface area contributed by atoms with Gasteiger partial charge in [-0.1, -0.05) is 97.1 Å². The predicted molar refractivity (Wildman–Crippen MR) is 156 cm³/mol. The number of H-pyrrole nitrogens is 1. The van der Waals surface area contributed by atoms with Crippen molar-refractivity contribution in [3.8, 4) is 17.0 Å². The van der Waals surface area contributed by atoms with Crippen molar-refractivity contribution in [3.05, 3.63) is 143 Å². The van der Waals surface area contributed by atoms with Crippen molar-refractivity contribution in [2.75, 3.05) is 0 Å². The molecule has 40 heavy (non-hydrogen) atoms. The van der Waals surface area contributed by atoms with Crippen LogP contribution >= 0.6 is 0 Å². The molecule has 0 radical (unpaired) electrons. The largest absolute Gasteiger partial charge is 0.508 e. The van der Waals surface area contributed by atoms with Crippen molar-refractivity contribution < 1.29 is 9.90 Å². The van der Waals surface area contributed by atoms with Crippen LogP contribution in [-0.4, -0.2) is 31.9 Å². The second-order valence-corrected chi connectivity index (χ2v) is 10.3. The first-order valence-corrected chi connectivity index (χ1v) is 13.7. The maximum atomic E-state index is 14.4. The summed E-state index contributed by atoms with van der Waals surface area (Å²) in [7, 11) is 0. The molecule has 0 saturated carbocycles. The molecule has 1 aromatic heterocycles. The molecule has 0 saturated heterocycles. The number of aromatic nitrogens is 2. The Balaban J connectivity index is 1.32. The summed E-state index contributed by atoms with van der Waals surface area (Å²) in [5, 5.41) is 13.3. The van der Waals surface area contributed by atoms with Crippen molar-refractivity contribution in [1.82, 2.24) is 20.2 Å². The molecule has 3 N–H and O–H groups in total. The normalized spacial score (nSPS) is 15.4. The van der Waals surface area contributed by atoms with Crippen molar-refractivity contribution in [2.45, 2.75) is 38.0 Å². The Morgan fingerprint density at radius 3 is 2.30 bits per heavy atom. The zero-order chi connectivity index (χ0) is 27.3. The number of phenolic OH excluding ortho intramolecular Hbond substituents is 1. The fourth-order valence-electron chi connectivity index (χ4n) is 5.42. The molecule has 6 rings (SSSR count). The van der Waals surface area contributed by atoms with Gasteiger partial charge in [0.05, 0.1) is 24.0 Å². The highest BCUT2D eigenvalue weighted by Gasteiger charge is 2.36. The molecule has 4 aromatic carbocycles. The van der Waals surface area contributed by atoms with Gasteiger partial charge in [0.25, 0.3) is 0 Å². The lowest BCUT2D eigenvalue weighted by Gasteiger charge is -2.38. The number of amides is 1. The van der Waals surface area contributed by atoms with Crippen LogP contribution in [0.25, 0.3) is 11.3 Å². The lowest BCUT2D eigenvalue weighted by Crippen LogP contribution is -2.50. The third-order valence-corrected chi connectivity index (χ3v) is 7.60. The second-order valence-electron chi connectivity index (χ2n) is 10.3. The van der Waals surface area contributed by atoms with Crippen molar-refractivity contribution in [2.24, 2.45) is 0 Å². The van der Waals surface area contributed by atoms with Crippen molar-refractivity contribution in [3.63, 3.8) is 0 Å². The fraction of sp³-hybridized carbons (Fsp3) is 0.176. The number of rotatable bonds is 8. The summed E-state index contributed by atoms with van der Waals surface area (Å²) in [6, 6.07) is 35.0. The summed E-state index contributed by atoms with van der Waals surface area (Å²) in [4.78, 5) is 24.7. The SMILES string of the molecule is O=C([C@H](Cc1ccc(O)cc1)NCc1ccccc1)N1Cc2ccccc2C[C@@H]1c1ncc(-c2ccccc2)[nH]1. The van der Waals surface area contributed by atoms with Crippen LogP contribution in [0.2, 0.25) is 0 Å². The number of nitrogens with one attached hydrogen (secondary N) is 2. The quantitative estimate of drug-likeness (QED) is 0.237. The van der Waals surface area contributed by atoms with Gasteiger partial charge in [0.15, 0.2) is 0 Å². The van der Waals surface area contributed by atoms with E-state index in [1.807, 2.05) is 65.7 Å². The topological polar surface area (TPSA) is 81.2 Å². The summed E-state index contributed by atoms with van der Waals surface area (Å²) in [6.07, 6.45) is 3.05. The molecule has 1 aliphatic heterocycles. The molecule has 2 atom stereocenters. The lowest BCUT2D eigenvalue weighted by atomic mass is 9.92. The van der Waals surface area contributed by atoms with E-state index in [4.69, 9.17) is 4.98 Å². The molecular formula is C34H32N4O2. The van der Waals surface area contributed by atoms with Crippen LogP contribution in [0.15, 0.2) is 115 Å². The van der Waals surface area contributed by atoms with Crippen LogP contribution in [0.3, 0.4) is 0 Å². The van der Waals surface area contributed by atoms with Crippen molar-refractivity contribution >= 4 is 5.91 Å². The number of phenols is 1. The molecular weight excluding hydrogens is 496 g/mol. The summed E-state index contributed by atoms with van der Waals surface area (Å²) >= 11 is 0. The average Bonchev–Trinajstić information content (AvgIpc) is 3.51. The third-order valence-electron chi connectivity index (χ3n) is 7.60. The summed E-state index contributed by atoms with van der Waals surface area (Å²) in [5.74, 6) is 1.03. The van der Waals surface area contributed by atoms with Crippen molar-refractivity contribution in [1.29, 1.82) is 0 Å². The van der Waals surface area contributed by atoms with Crippen LogP contribution < -0.4 is 5.32 Å². The number of aromatic amines is 1. The lowest BCUT2D eigenvalue weighted by molar-refractivity contribution is -0.137. The minimum Gasteiger partial charge on any atom is -0.508 e. The Bertz CT molecular complexity index is 1560. The number of imidazole rings is 1. The Hall–Kier alpha value is -4.68. The number of carbonyl (C=O) groups excluding carboxylic acids is 1. The number of hydrogen-bond donors (Lipinski definition) is 3. The first-order valence-electron chi connectivity index (χ1n) is 13.7. The van der Waals surface area contributed by atoms with E-state index in [1.54, 1.807) is 12.1 Å². The third kappa shape index (κ3) is 5.67. The number of hydrogen-bond acceptors (Lipinski definition) is 4. The first-order chi connectivity index (χ1) is 19.6. The summed E-state index contributed by atoms with van der Waals surface area (Å²) < 4.78 is 0. The Morgan fingerprint density at radius 2 is 1.55 bits per heavy atom. The fourth-order valence-corrected chi connectivity index (χ4v) is 5.42. The van der Waals surface area contributed by atoms with Gasteiger partial charge in [-0.25, -0.2) is 4.98 Å². The maximum Gasteiger partial charge on any atom is 0.240 e. The molecule has 0 bridgehead atoms. The minimum absolute atomic E-state index is 0.0289. The van der Waals surface area contributed by atoms with E-state index in [-0.39, 0.29) is 17.7 Å². The van der Waals surface area contributed by atoms with E-state index in [2.05, 4.69) is 52.8 Å². The predicted octanol–water partition coefficient (Wildman–Crippen LogP) is 5.81. The minimum atomic E-state index is -0.457. The standard InChI is InChI=1S/C34H32N4O2/c39-29-17-15-24(16-18-29)19-30(35-21-25-9-3-1-4-10-25)34(40)38-23-28-14-8-7-13-27(28)20-32(38)33-36-22-31(37-33)26-11-5-2-6-12-26/h1-18,22,30,32,35,39H,19-21,23H2,(H,36,37)/t30-,32+/m0/s1. The monoisotopic (exact) mass is 528 g/mol. The number of carbonyl (C=O) groups is 1. The molecule has 1 amide bonds. The molecule has 1 aliphatic rings. The molecule has 0 spiro atoms. The molecule has 0 fully saturated rings. The van der Waals surface area contributed by atoms with Gasteiger partial charge in [0.1, 0.15) is 11.6 Å². The zero-order valence-corrected chi connectivity index (χ0v) is 22.2. The van der Waals surface area contributed by atoms with Gasteiger partial charge < -0.3 is 20.3 Å². The van der Waals surface area contributed by atoms with E-state index >= 15 is 0 Å². The van der Waals surface area contributed by atoms with E-state index in [1.165, 1.54) is 5.56 Å². The molecule has 6 heteroatoms. The highest BCUT2D eigenvalue weighted by Crippen LogP contribution is 2.34. The number of nitrogens with zero attached hydrogens (tertiary/aromatic N) is 2. The van der Waals surface area contributed by atoms with Crippen LogP contribution in [0.5, 0.6) is 5.75 Å². The summed E-state index contributed by atoms with van der Waals surface area (Å²) in [5.41, 5.74) is 6.49. The average molecular weight is 529 g/mol. The van der Waals surface area contributed by atoms with Gasteiger partial charge in [-0.05, 0) is 46.4 Å². The Kier molecular flexibility index (Phi) is 7.42. The molecule has 2 heterocycles. The molecule has 0 aliphatic carbocycles. The molecule has 5 aromatic rings. The molecule has 6 nitrogen and oxygen atoms in total. The van der Waals surface area contributed by atoms with Gasteiger partial charge >= 0.3 is 0 Å². The molecule has 0 unspecified atom stereocenters. The van der Waals surface area contributed by atoms with Gasteiger partial charge in [-0.3, -0.25) is 4.79 Å². The Morgan fingerprint density at radius 1 is 0.875 bits per heavy atom. The van der Waals surface area contributed by atoms with Gasteiger partial charge in [-0.15, -0.1) is 0 Å². The number of benzene rings is 4. The van der Waals surface area contributed by atoms with E-state index in [9.17, 15) is 9.90 Å². The number of fused-ring (bicyclic) bond motifs is 1. The van der Waals surface area contributed by atoms with Crippen LogP contribution in [0.4, 0.5) is 0 Å².